The fourth-order valence-electron chi connectivity index (χ4n) is 1.55. The number of carbonyl (C=O) groups is 2. The van der Waals surface area contributed by atoms with Crippen molar-refractivity contribution in [3.8, 4) is 12.3 Å². The van der Waals surface area contributed by atoms with Crippen LogP contribution in [-0.4, -0.2) is 23.5 Å². The van der Waals surface area contributed by atoms with E-state index in [9.17, 15) is 9.59 Å². The van der Waals surface area contributed by atoms with E-state index in [1.54, 1.807) is 20.8 Å². The zero-order valence-corrected chi connectivity index (χ0v) is 10.6. The van der Waals surface area contributed by atoms with Gasteiger partial charge in [-0.3, -0.25) is 4.79 Å². The highest BCUT2D eigenvalue weighted by molar-refractivity contribution is 5.95. The molecule has 0 heterocycles. The molecule has 17 heavy (non-hydrogen) atoms. The predicted octanol–water partition coefficient (Wildman–Crippen LogP) is 1.88. The Morgan fingerprint density at radius 2 is 2.06 bits per heavy atom. The number of carbonyl (C=O) groups excluding carboxylic acids is 2. The van der Waals surface area contributed by atoms with Crippen LogP contribution in [0.25, 0.3) is 0 Å². The summed E-state index contributed by atoms with van der Waals surface area (Å²) in [4.78, 5) is 22.8. The standard InChI is InChI=1S/C13H19NO3/c1-5-10(15)8-11(9-6-7-9)14-12(16)17-13(2,3)4/h1,9,11H,6-8H2,2-4H3,(H,14,16). The summed E-state index contributed by atoms with van der Waals surface area (Å²) in [7, 11) is 0. The fourth-order valence-corrected chi connectivity index (χ4v) is 1.55. The first-order chi connectivity index (χ1) is 7.81. The van der Waals surface area contributed by atoms with Crippen molar-refractivity contribution >= 4 is 11.9 Å². The summed E-state index contributed by atoms with van der Waals surface area (Å²) in [6.07, 6.45) is 6.79. The van der Waals surface area contributed by atoms with Crippen LogP contribution in [0.2, 0.25) is 0 Å². The average molecular weight is 237 g/mol. The summed E-state index contributed by atoms with van der Waals surface area (Å²) in [5.74, 6) is 2.15. The molecule has 0 radical (unpaired) electrons. The number of alkyl carbamates (subject to hydrolysis) is 1. The second-order valence-electron chi connectivity index (χ2n) is 5.36. The maximum Gasteiger partial charge on any atom is 0.407 e. The van der Waals surface area contributed by atoms with E-state index in [2.05, 4.69) is 11.2 Å². The third-order valence-electron chi connectivity index (χ3n) is 2.46. The van der Waals surface area contributed by atoms with E-state index >= 15 is 0 Å². The van der Waals surface area contributed by atoms with Gasteiger partial charge in [0.25, 0.3) is 0 Å². The molecular weight excluding hydrogens is 218 g/mol. The van der Waals surface area contributed by atoms with Gasteiger partial charge in [0.05, 0.1) is 0 Å². The lowest BCUT2D eigenvalue weighted by Crippen LogP contribution is -2.41. The Morgan fingerprint density at radius 1 is 1.47 bits per heavy atom. The number of hydrogen-bond acceptors (Lipinski definition) is 3. The number of rotatable bonds is 4. The Kier molecular flexibility index (Phi) is 4.17. The summed E-state index contributed by atoms with van der Waals surface area (Å²) in [6, 6.07) is -0.187. The predicted molar refractivity (Wildman–Crippen MR) is 64.3 cm³/mol. The molecule has 0 spiro atoms. The Labute approximate surface area is 102 Å². The van der Waals surface area contributed by atoms with Gasteiger partial charge in [-0.1, -0.05) is 0 Å². The minimum Gasteiger partial charge on any atom is -0.444 e. The van der Waals surface area contributed by atoms with E-state index < -0.39 is 11.7 Å². The van der Waals surface area contributed by atoms with Crippen molar-refractivity contribution < 1.29 is 14.3 Å². The molecular formula is C13H19NO3. The van der Waals surface area contributed by atoms with E-state index in [0.717, 1.165) is 12.8 Å². The molecule has 4 heteroatoms. The van der Waals surface area contributed by atoms with Gasteiger partial charge in [-0.25, -0.2) is 4.79 Å². The molecule has 1 amide bonds. The molecule has 0 saturated heterocycles. The van der Waals surface area contributed by atoms with E-state index in [0.29, 0.717) is 5.92 Å². The lowest BCUT2D eigenvalue weighted by Gasteiger charge is -2.23. The Balaban J connectivity index is 2.47. The highest BCUT2D eigenvalue weighted by atomic mass is 16.6. The largest absolute Gasteiger partial charge is 0.444 e. The van der Waals surface area contributed by atoms with Crippen LogP contribution < -0.4 is 5.32 Å². The Bertz CT molecular complexity index is 345. The first-order valence-corrected chi connectivity index (χ1v) is 5.81. The minimum absolute atomic E-state index is 0.187. The molecule has 0 aromatic rings. The maximum absolute atomic E-state index is 11.6. The molecule has 1 fully saturated rings. The zero-order chi connectivity index (χ0) is 13.1. The van der Waals surface area contributed by atoms with Gasteiger partial charge < -0.3 is 10.1 Å². The van der Waals surface area contributed by atoms with Gasteiger partial charge in [-0.2, -0.15) is 0 Å². The van der Waals surface area contributed by atoms with Gasteiger partial charge in [0.2, 0.25) is 5.78 Å². The van der Waals surface area contributed by atoms with Crippen molar-refractivity contribution in [3.63, 3.8) is 0 Å². The number of Topliss-reactive ketones (excluding diaryl/α,β-unsaturated/α-hetero) is 1. The SMILES string of the molecule is C#CC(=O)CC(NC(=O)OC(C)(C)C)C1CC1. The quantitative estimate of drug-likeness (QED) is 0.600. The second kappa shape index (κ2) is 5.22. The van der Waals surface area contributed by atoms with Gasteiger partial charge in [0, 0.05) is 12.5 Å². The first kappa shape index (κ1) is 13.6. The number of hydrogen-bond donors (Lipinski definition) is 1. The molecule has 1 atom stereocenters. The molecule has 1 saturated carbocycles. The molecule has 0 aromatic carbocycles. The molecule has 1 rings (SSSR count). The summed E-state index contributed by atoms with van der Waals surface area (Å²) in [6.45, 7) is 5.39. The van der Waals surface area contributed by atoms with Crippen LogP contribution in [0.5, 0.6) is 0 Å². The van der Waals surface area contributed by atoms with Crippen LogP contribution in [0.3, 0.4) is 0 Å². The van der Waals surface area contributed by atoms with Crippen LogP contribution >= 0.6 is 0 Å². The van der Waals surface area contributed by atoms with Crippen LogP contribution in [-0.2, 0) is 9.53 Å². The third-order valence-corrected chi connectivity index (χ3v) is 2.46. The van der Waals surface area contributed by atoms with Crippen LogP contribution in [0.4, 0.5) is 4.79 Å². The molecule has 0 aliphatic heterocycles. The van der Waals surface area contributed by atoms with Gasteiger partial charge in [-0.05, 0) is 45.5 Å². The first-order valence-electron chi connectivity index (χ1n) is 5.81. The summed E-state index contributed by atoms with van der Waals surface area (Å²) < 4.78 is 5.15. The smallest absolute Gasteiger partial charge is 0.407 e. The molecule has 1 aliphatic rings. The summed E-state index contributed by atoms with van der Waals surface area (Å²) >= 11 is 0. The molecule has 1 N–H and O–H groups in total. The Hall–Kier alpha value is -1.50. The number of ether oxygens (including phenoxy) is 1. The molecule has 94 valence electrons. The Morgan fingerprint density at radius 3 is 2.47 bits per heavy atom. The minimum atomic E-state index is -0.533. The number of amides is 1. The topological polar surface area (TPSA) is 55.4 Å². The van der Waals surface area contributed by atoms with Gasteiger partial charge >= 0.3 is 6.09 Å². The average Bonchev–Trinajstić information content (AvgIpc) is 2.96. The highest BCUT2D eigenvalue weighted by Gasteiger charge is 2.34. The molecule has 0 bridgehead atoms. The molecule has 1 unspecified atom stereocenters. The normalized spacial score (nSPS) is 16.8. The van der Waals surface area contributed by atoms with Crippen molar-refractivity contribution in [1.29, 1.82) is 0 Å². The maximum atomic E-state index is 11.6. The van der Waals surface area contributed by atoms with Crippen LogP contribution in [0.1, 0.15) is 40.0 Å². The van der Waals surface area contributed by atoms with Crippen LogP contribution in [0.15, 0.2) is 0 Å². The van der Waals surface area contributed by atoms with Crippen molar-refractivity contribution in [2.45, 2.75) is 51.7 Å². The van der Waals surface area contributed by atoms with E-state index in [4.69, 9.17) is 11.2 Å². The van der Waals surface area contributed by atoms with E-state index in [-0.39, 0.29) is 18.2 Å². The third kappa shape index (κ3) is 5.39. The number of nitrogens with one attached hydrogen (secondary N) is 1. The molecule has 4 nitrogen and oxygen atoms in total. The number of terminal acetylenes is 1. The van der Waals surface area contributed by atoms with Crippen LogP contribution in [0, 0.1) is 18.3 Å². The van der Waals surface area contributed by atoms with E-state index in [1.807, 2.05) is 0 Å². The highest BCUT2D eigenvalue weighted by Crippen LogP contribution is 2.34. The summed E-state index contributed by atoms with van der Waals surface area (Å²) in [5, 5.41) is 2.72. The lowest BCUT2D eigenvalue weighted by molar-refractivity contribution is -0.114. The van der Waals surface area contributed by atoms with E-state index in [1.165, 1.54) is 0 Å². The molecule has 1 aliphatic carbocycles. The second-order valence-corrected chi connectivity index (χ2v) is 5.36. The monoisotopic (exact) mass is 237 g/mol. The lowest BCUT2D eigenvalue weighted by atomic mass is 10.1. The van der Waals surface area contributed by atoms with Gasteiger partial charge in [0.1, 0.15) is 5.60 Å². The van der Waals surface area contributed by atoms with Gasteiger partial charge in [0.15, 0.2) is 0 Å². The number of ketones is 1. The van der Waals surface area contributed by atoms with Crippen molar-refractivity contribution in [2.75, 3.05) is 0 Å². The van der Waals surface area contributed by atoms with Crippen molar-refractivity contribution in [1.82, 2.24) is 5.32 Å². The van der Waals surface area contributed by atoms with Crippen molar-refractivity contribution in [3.05, 3.63) is 0 Å². The van der Waals surface area contributed by atoms with Gasteiger partial charge in [-0.15, -0.1) is 6.42 Å². The zero-order valence-electron chi connectivity index (χ0n) is 10.6. The summed E-state index contributed by atoms with van der Waals surface area (Å²) in [5.41, 5.74) is -0.533. The van der Waals surface area contributed by atoms with Crippen molar-refractivity contribution in [2.24, 2.45) is 5.92 Å². The fraction of sp³-hybridized carbons (Fsp3) is 0.692. The molecule has 0 aromatic heterocycles.